The molecule has 2 aromatic carbocycles. The van der Waals surface area contributed by atoms with Crippen LogP contribution in [0.25, 0.3) is 11.4 Å². The van der Waals surface area contributed by atoms with Crippen LogP contribution in [0.4, 0.5) is 4.39 Å². The summed E-state index contributed by atoms with van der Waals surface area (Å²) in [6, 6.07) is 13.3. The summed E-state index contributed by atoms with van der Waals surface area (Å²) in [4.78, 5) is 18.5. The fraction of sp³-hybridized carbons (Fsp3) is 0.250. The van der Waals surface area contributed by atoms with Crippen LogP contribution in [0.1, 0.15) is 30.3 Å². The van der Waals surface area contributed by atoms with E-state index in [0.717, 1.165) is 11.1 Å². The molecule has 27 heavy (non-hydrogen) atoms. The van der Waals surface area contributed by atoms with Crippen molar-refractivity contribution in [3.63, 3.8) is 0 Å². The van der Waals surface area contributed by atoms with Gasteiger partial charge in [-0.05, 0) is 36.2 Å². The molecular formula is C20H18FN3O3. The molecule has 0 radical (unpaired) electrons. The van der Waals surface area contributed by atoms with Crippen LogP contribution >= 0.6 is 0 Å². The molecular weight excluding hydrogens is 349 g/mol. The number of nitrogens with zero attached hydrogens (tertiary/aromatic N) is 3. The number of para-hydroxylation sites is 1. The molecule has 1 aliphatic rings. The molecule has 1 amide bonds. The van der Waals surface area contributed by atoms with Gasteiger partial charge in [0.25, 0.3) is 0 Å². The van der Waals surface area contributed by atoms with Crippen LogP contribution in [0.5, 0.6) is 5.75 Å². The average molecular weight is 367 g/mol. The van der Waals surface area contributed by atoms with Crippen LogP contribution in [0.15, 0.2) is 53.1 Å². The topological polar surface area (TPSA) is 68.5 Å². The molecule has 4 rings (SSSR count). The summed E-state index contributed by atoms with van der Waals surface area (Å²) < 4.78 is 24.3. The molecule has 0 aliphatic carbocycles. The Bertz CT molecular complexity index is 972. The molecule has 0 spiro atoms. The number of rotatable bonds is 5. The molecule has 2 heterocycles. The number of amides is 1. The van der Waals surface area contributed by atoms with Crippen LogP contribution in [0.3, 0.4) is 0 Å². The summed E-state index contributed by atoms with van der Waals surface area (Å²) in [6.45, 7) is 0.299. The van der Waals surface area contributed by atoms with Gasteiger partial charge >= 0.3 is 0 Å². The summed E-state index contributed by atoms with van der Waals surface area (Å²) in [5.41, 5.74) is 1.44. The van der Waals surface area contributed by atoms with E-state index in [1.807, 2.05) is 24.3 Å². The number of hydrogen-bond donors (Lipinski definition) is 0. The fourth-order valence-corrected chi connectivity index (χ4v) is 3.33. The third-order valence-corrected chi connectivity index (χ3v) is 4.64. The largest absolute Gasteiger partial charge is 0.496 e. The van der Waals surface area contributed by atoms with E-state index in [-0.39, 0.29) is 17.8 Å². The van der Waals surface area contributed by atoms with Gasteiger partial charge in [0.15, 0.2) is 0 Å². The lowest BCUT2D eigenvalue weighted by atomic mass is 10.1. The normalized spacial score (nSPS) is 16.7. The predicted molar refractivity (Wildman–Crippen MR) is 95.2 cm³/mol. The Morgan fingerprint density at radius 2 is 2.11 bits per heavy atom. The number of halogens is 1. The summed E-state index contributed by atoms with van der Waals surface area (Å²) in [6.07, 6.45) is 0.980. The predicted octanol–water partition coefficient (Wildman–Crippen LogP) is 3.75. The molecule has 138 valence electrons. The van der Waals surface area contributed by atoms with E-state index in [4.69, 9.17) is 9.26 Å². The summed E-state index contributed by atoms with van der Waals surface area (Å²) in [5, 5.41) is 4.06. The number of likely N-dealkylation sites (tertiary alicyclic amines) is 1. The smallest absolute Gasteiger partial charge is 0.249 e. The maximum Gasteiger partial charge on any atom is 0.249 e. The molecule has 1 unspecified atom stereocenters. The van der Waals surface area contributed by atoms with Crippen LogP contribution in [-0.4, -0.2) is 28.1 Å². The number of carbonyl (C=O) groups excluding carboxylic acids is 1. The van der Waals surface area contributed by atoms with E-state index in [1.165, 1.54) is 12.1 Å². The number of methoxy groups -OCH3 is 1. The van der Waals surface area contributed by atoms with Gasteiger partial charge < -0.3 is 14.2 Å². The molecule has 1 atom stereocenters. The van der Waals surface area contributed by atoms with Gasteiger partial charge in [-0.2, -0.15) is 4.98 Å². The number of hydrogen-bond acceptors (Lipinski definition) is 5. The van der Waals surface area contributed by atoms with Crippen LogP contribution in [-0.2, 0) is 11.3 Å². The van der Waals surface area contributed by atoms with Crippen molar-refractivity contribution in [1.29, 1.82) is 0 Å². The molecule has 0 N–H and O–H groups in total. The number of carbonyl (C=O) groups is 1. The van der Waals surface area contributed by atoms with Gasteiger partial charge in [-0.15, -0.1) is 0 Å². The van der Waals surface area contributed by atoms with Crippen molar-refractivity contribution in [2.45, 2.75) is 25.4 Å². The van der Waals surface area contributed by atoms with Gasteiger partial charge in [0.05, 0.1) is 12.7 Å². The van der Waals surface area contributed by atoms with Crippen LogP contribution in [0, 0.1) is 5.82 Å². The SMILES string of the molecule is COc1ccccc1-c1noc(C2CCC(=O)N2Cc2cccc(F)c2)n1. The number of aromatic nitrogens is 2. The van der Waals surface area contributed by atoms with E-state index >= 15 is 0 Å². The van der Waals surface area contributed by atoms with E-state index in [9.17, 15) is 9.18 Å². The molecule has 6 nitrogen and oxygen atoms in total. The first-order chi connectivity index (χ1) is 13.2. The van der Waals surface area contributed by atoms with Gasteiger partial charge in [-0.25, -0.2) is 4.39 Å². The Hall–Kier alpha value is -3.22. The minimum Gasteiger partial charge on any atom is -0.496 e. The highest BCUT2D eigenvalue weighted by atomic mass is 19.1. The maximum absolute atomic E-state index is 13.5. The minimum atomic E-state index is -0.327. The summed E-state index contributed by atoms with van der Waals surface area (Å²) in [5.74, 6) is 1.09. The van der Waals surface area contributed by atoms with Crippen molar-refractivity contribution in [2.24, 2.45) is 0 Å². The molecule has 0 bridgehead atoms. The zero-order chi connectivity index (χ0) is 18.8. The fourth-order valence-electron chi connectivity index (χ4n) is 3.33. The van der Waals surface area contributed by atoms with E-state index in [2.05, 4.69) is 10.1 Å². The average Bonchev–Trinajstić information content (AvgIpc) is 3.29. The van der Waals surface area contributed by atoms with Crippen molar-refractivity contribution in [1.82, 2.24) is 15.0 Å². The molecule has 1 saturated heterocycles. The third-order valence-electron chi connectivity index (χ3n) is 4.64. The van der Waals surface area contributed by atoms with Gasteiger partial charge in [0, 0.05) is 13.0 Å². The molecule has 1 fully saturated rings. The second-order valence-corrected chi connectivity index (χ2v) is 6.36. The molecule has 1 aliphatic heterocycles. The lowest BCUT2D eigenvalue weighted by Gasteiger charge is -2.22. The van der Waals surface area contributed by atoms with Gasteiger partial charge in [0.1, 0.15) is 17.6 Å². The van der Waals surface area contributed by atoms with E-state index < -0.39 is 0 Å². The zero-order valence-electron chi connectivity index (χ0n) is 14.8. The van der Waals surface area contributed by atoms with Crippen molar-refractivity contribution in [3.8, 4) is 17.1 Å². The Morgan fingerprint density at radius 3 is 2.93 bits per heavy atom. The van der Waals surface area contributed by atoms with Crippen molar-refractivity contribution in [3.05, 3.63) is 65.8 Å². The highest BCUT2D eigenvalue weighted by Gasteiger charge is 2.36. The van der Waals surface area contributed by atoms with E-state index in [1.54, 1.807) is 24.1 Å². The second-order valence-electron chi connectivity index (χ2n) is 6.36. The molecule has 3 aromatic rings. The van der Waals surface area contributed by atoms with Gasteiger partial charge in [-0.1, -0.05) is 29.4 Å². The highest BCUT2D eigenvalue weighted by molar-refractivity contribution is 5.79. The van der Waals surface area contributed by atoms with Crippen molar-refractivity contribution in [2.75, 3.05) is 7.11 Å². The van der Waals surface area contributed by atoms with Gasteiger partial charge in [0.2, 0.25) is 17.6 Å². The molecule has 1 aromatic heterocycles. The summed E-state index contributed by atoms with van der Waals surface area (Å²) in [7, 11) is 1.58. The van der Waals surface area contributed by atoms with E-state index in [0.29, 0.717) is 36.9 Å². The van der Waals surface area contributed by atoms with Gasteiger partial charge in [-0.3, -0.25) is 4.79 Å². The number of ether oxygens (including phenoxy) is 1. The Morgan fingerprint density at radius 1 is 1.26 bits per heavy atom. The minimum absolute atomic E-state index is 0.0127. The first-order valence-corrected chi connectivity index (χ1v) is 8.66. The Balaban J connectivity index is 1.61. The zero-order valence-corrected chi connectivity index (χ0v) is 14.8. The molecule has 7 heteroatoms. The first-order valence-electron chi connectivity index (χ1n) is 8.66. The maximum atomic E-state index is 13.5. The summed E-state index contributed by atoms with van der Waals surface area (Å²) >= 11 is 0. The Labute approximate surface area is 155 Å². The number of benzene rings is 2. The monoisotopic (exact) mass is 367 g/mol. The van der Waals surface area contributed by atoms with Crippen molar-refractivity contribution >= 4 is 5.91 Å². The lowest BCUT2D eigenvalue weighted by Crippen LogP contribution is -2.27. The highest BCUT2D eigenvalue weighted by Crippen LogP contribution is 2.35. The molecule has 0 saturated carbocycles. The standard InChI is InChI=1S/C20H18FN3O3/c1-26-17-8-3-2-7-15(17)19-22-20(27-23-19)16-9-10-18(25)24(16)12-13-5-4-6-14(21)11-13/h2-8,11,16H,9-10,12H2,1H3. The second kappa shape index (κ2) is 7.19. The lowest BCUT2D eigenvalue weighted by molar-refractivity contribution is -0.130. The quantitative estimate of drug-likeness (QED) is 0.687. The Kier molecular flexibility index (Phi) is 4.58. The van der Waals surface area contributed by atoms with Crippen molar-refractivity contribution < 1.29 is 18.4 Å². The first kappa shape index (κ1) is 17.2. The van der Waals surface area contributed by atoms with Crippen LogP contribution in [0.2, 0.25) is 0 Å². The van der Waals surface area contributed by atoms with Crippen LogP contribution < -0.4 is 4.74 Å². The third kappa shape index (κ3) is 3.40.